The van der Waals surface area contributed by atoms with Crippen molar-refractivity contribution in [3.63, 3.8) is 0 Å². The average Bonchev–Trinajstić information content (AvgIpc) is 2.38. The van der Waals surface area contributed by atoms with Gasteiger partial charge in [-0.15, -0.1) is 0 Å². The predicted octanol–water partition coefficient (Wildman–Crippen LogP) is 1.39. The van der Waals surface area contributed by atoms with Crippen LogP contribution >= 0.6 is 0 Å². The highest BCUT2D eigenvalue weighted by Crippen LogP contribution is 2.18. The van der Waals surface area contributed by atoms with Crippen molar-refractivity contribution in [1.29, 1.82) is 0 Å². The van der Waals surface area contributed by atoms with E-state index in [9.17, 15) is 4.79 Å². The molecular weight excluding hydrogens is 216 g/mol. The number of nitrogens with zero attached hydrogens (tertiary/aromatic N) is 1. The SMILES string of the molecule is CCC(CC)C(=O)N1CCC(OCCN)CC1. The van der Waals surface area contributed by atoms with Crippen LogP contribution in [0.3, 0.4) is 0 Å². The Bertz CT molecular complexity index is 221. The predicted molar refractivity (Wildman–Crippen MR) is 68.7 cm³/mol. The summed E-state index contributed by atoms with van der Waals surface area (Å²) in [5, 5.41) is 0. The van der Waals surface area contributed by atoms with Crippen molar-refractivity contribution in [2.45, 2.75) is 45.6 Å². The fourth-order valence-corrected chi connectivity index (χ4v) is 2.37. The molecule has 0 aliphatic carbocycles. The molecule has 4 nitrogen and oxygen atoms in total. The molecule has 1 fully saturated rings. The van der Waals surface area contributed by atoms with E-state index >= 15 is 0 Å². The maximum absolute atomic E-state index is 12.1. The third-order valence-corrected chi connectivity index (χ3v) is 3.56. The Morgan fingerprint density at radius 1 is 1.35 bits per heavy atom. The summed E-state index contributed by atoms with van der Waals surface area (Å²) in [6.07, 6.45) is 4.08. The van der Waals surface area contributed by atoms with Gasteiger partial charge in [0.2, 0.25) is 5.91 Å². The molecule has 100 valence electrons. The van der Waals surface area contributed by atoms with Gasteiger partial charge in [-0.2, -0.15) is 0 Å². The lowest BCUT2D eigenvalue weighted by Crippen LogP contribution is -2.43. The van der Waals surface area contributed by atoms with Gasteiger partial charge in [0.25, 0.3) is 0 Å². The van der Waals surface area contributed by atoms with Crippen LogP contribution < -0.4 is 5.73 Å². The molecule has 1 heterocycles. The first-order valence-corrected chi connectivity index (χ1v) is 6.83. The smallest absolute Gasteiger partial charge is 0.225 e. The zero-order valence-corrected chi connectivity index (χ0v) is 11.2. The third-order valence-electron chi connectivity index (χ3n) is 3.56. The molecule has 2 N–H and O–H groups in total. The van der Waals surface area contributed by atoms with Gasteiger partial charge in [-0.1, -0.05) is 13.8 Å². The summed E-state index contributed by atoms with van der Waals surface area (Å²) >= 11 is 0. The molecule has 0 atom stereocenters. The molecule has 0 aromatic rings. The summed E-state index contributed by atoms with van der Waals surface area (Å²) in [5.41, 5.74) is 5.41. The molecule has 0 unspecified atom stereocenters. The van der Waals surface area contributed by atoms with E-state index in [0.717, 1.165) is 38.8 Å². The van der Waals surface area contributed by atoms with Gasteiger partial charge in [0, 0.05) is 25.6 Å². The second-order valence-corrected chi connectivity index (χ2v) is 4.70. The topological polar surface area (TPSA) is 55.6 Å². The molecule has 4 heteroatoms. The minimum absolute atomic E-state index is 0.205. The van der Waals surface area contributed by atoms with Gasteiger partial charge in [0.1, 0.15) is 0 Å². The Morgan fingerprint density at radius 2 is 1.94 bits per heavy atom. The van der Waals surface area contributed by atoms with Crippen LogP contribution in [0.25, 0.3) is 0 Å². The zero-order chi connectivity index (χ0) is 12.7. The summed E-state index contributed by atoms with van der Waals surface area (Å²) in [6.45, 7) is 7.06. The number of amides is 1. The Morgan fingerprint density at radius 3 is 2.41 bits per heavy atom. The van der Waals surface area contributed by atoms with E-state index in [-0.39, 0.29) is 5.92 Å². The lowest BCUT2D eigenvalue weighted by atomic mass is 9.99. The summed E-state index contributed by atoms with van der Waals surface area (Å²) in [4.78, 5) is 14.1. The van der Waals surface area contributed by atoms with Crippen molar-refractivity contribution in [2.75, 3.05) is 26.2 Å². The monoisotopic (exact) mass is 242 g/mol. The highest BCUT2D eigenvalue weighted by Gasteiger charge is 2.26. The number of piperidine rings is 1. The molecule has 0 bridgehead atoms. The van der Waals surface area contributed by atoms with E-state index in [1.807, 2.05) is 4.90 Å². The van der Waals surface area contributed by atoms with E-state index in [1.54, 1.807) is 0 Å². The molecule has 1 rings (SSSR count). The molecule has 1 saturated heterocycles. The Balaban J connectivity index is 2.33. The fraction of sp³-hybridized carbons (Fsp3) is 0.923. The average molecular weight is 242 g/mol. The Hall–Kier alpha value is -0.610. The Kier molecular flexibility index (Phi) is 6.52. The van der Waals surface area contributed by atoms with Gasteiger partial charge in [-0.25, -0.2) is 0 Å². The van der Waals surface area contributed by atoms with E-state index in [4.69, 9.17) is 10.5 Å². The van der Waals surface area contributed by atoms with Crippen molar-refractivity contribution in [2.24, 2.45) is 11.7 Å². The van der Waals surface area contributed by atoms with Crippen LogP contribution in [0.4, 0.5) is 0 Å². The van der Waals surface area contributed by atoms with Crippen LogP contribution in [0, 0.1) is 5.92 Å². The number of ether oxygens (including phenoxy) is 1. The first-order valence-electron chi connectivity index (χ1n) is 6.83. The number of hydrogen-bond donors (Lipinski definition) is 1. The molecule has 0 radical (unpaired) electrons. The normalized spacial score (nSPS) is 17.8. The third kappa shape index (κ3) is 4.28. The van der Waals surface area contributed by atoms with Crippen LogP contribution in [0.15, 0.2) is 0 Å². The zero-order valence-electron chi connectivity index (χ0n) is 11.2. The molecular formula is C13H26N2O2. The van der Waals surface area contributed by atoms with Gasteiger partial charge < -0.3 is 15.4 Å². The van der Waals surface area contributed by atoms with E-state index in [0.29, 0.717) is 25.2 Å². The van der Waals surface area contributed by atoms with Gasteiger partial charge in [0.05, 0.1) is 12.7 Å². The van der Waals surface area contributed by atoms with Crippen molar-refractivity contribution in [3.8, 4) is 0 Å². The van der Waals surface area contributed by atoms with Gasteiger partial charge in [0.15, 0.2) is 0 Å². The van der Waals surface area contributed by atoms with Crippen molar-refractivity contribution in [1.82, 2.24) is 4.90 Å². The van der Waals surface area contributed by atoms with Crippen LogP contribution in [-0.4, -0.2) is 43.2 Å². The standard InChI is InChI=1S/C13H26N2O2/c1-3-11(4-2)13(16)15-8-5-12(6-9-15)17-10-7-14/h11-12H,3-10,14H2,1-2H3. The van der Waals surface area contributed by atoms with Crippen LogP contribution in [0.5, 0.6) is 0 Å². The van der Waals surface area contributed by atoms with E-state index < -0.39 is 0 Å². The van der Waals surface area contributed by atoms with E-state index in [2.05, 4.69) is 13.8 Å². The molecule has 0 spiro atoms. The summed E-state index contributed by atoms with van der Waals surface area (Å²) in [7, 11) is 0. The summed E-state index contributed by atoms with van der Waals surface area (Å²) < 4.78 is 5.61. The largest absolute Gasteiger partial charge is 0.377 e. The number of nitrogens with two attached hydrogens (primary N) is 1. The molecule has 1 aliphatic rings. The molecule has 1 amide bonds. The number of hydrogen-bond acceptors (Lipinski definition) is 3. The number of carbonyl (C=O) groups is 1. The molecule has 0 aromatic carbocycles. The number of carbonyl (C=O) groups excluding carboxylic acids is 1. The summed E-state index contributed by atoms with van der Waals surface area (Å²) in [6, 6.07) is 0. The summed E-state index contributed by atoms with van der Waals surface area (Å²) in [5.74, 6) is 0.531. The highest BCUT2D eigenvalue weighted by atomic mass is 16.5. The van der Waals surface area contributed by atoms with Crippen LogP contribution in [0.2, 0.25) is 0 Å². The molecule has 1 aliphatic heterocycles. The van der Waals surface area contributed by atoms with Crippen LogP contribution in [-0.2, 0) is 9.53 Å². The first kappa shape index (κ1) is 14.5. The first-order chi connectivity index (χ1) is 8.22. The molecule has 0 saturated carbocycles. The van der Waals surface area contributed by atoms with Crippen molar-refractivity contribution < 1.29 is 9.53 Å². The van der Waals surface area contributed by atoms with E-state index in [1.165, 1.54) is 0 Å². The van der Waals surface area contributed by atoms with Gasteiger partial charge >= 0.3 is 0 Å². The van der Waals surface area contributed by atoms with Crippen LogP contribution in [0.1, 0.15) is 39.5 Å². The minimum Gasteiger partial charge on any atom is -0.377 e. The second kappa shape index (κ2) is 7.67. The number of rotatable bonds is 6. The maximum Gasteiger partial charge on any atom is 0.225 e. The van der Waals surface area contributed by atoms with Gasteiger partial charge in [-0.3, -0.25) is 4.79 Å². The fourth-order valence-electron chi connectivity index (χ4n) is 2.37. The van der Waals surface area contributed by atoms with Crippen molar-refractivity contribution in [3.05, 3.63) is 0 Å². The minimum atomic E-state index is 0.205. The number of likely N-dealkylation sites (tertiary alicyclic amines) is 1. The highest BCUT2D eigenvalue weighted by molar-refractivity contribution is 5.78. The lowest BCUT2D eigenvalue weighted by molar-refractivity contribution is -0.138. The molecule has 17 heavy (non-hydrogen) atoms. The quantitative estimate of drug-likeness (QED) is 0.765. The molecule has 0 aromatic heterocycles. The van der Waals surface area contributed by atoms with Gasteiger partial charge in [-0.05, 0) is 25.7 Å². The maximum atomic E-state index is 12.1. The lowest BCUT2D eigenvalue weighted by Gasteiger charge is -2.33. The second-order valence-electron chi connectivity index (χ2n) is 4.70. The Labute approximate surface area is 104 Å². The van der Waals surface area contributed by atoms with Crippen molar-refractivity contribution >= 4 is 5.91 Å².